The van der Waals surface area contributed by atoms with Crippen LogP contribution in [0.4, 0.5) is 13.2 Å². The number of nitrogens with zero attached hydrogens (tertiary/aromatic N) is 1. The molecule has 0 radical (unpaired) electrons. The van der Waals surface area contributed by atoms with E-state index in [0.717, 1.165) is 6.42 Å². The van der Waals surface area contributed by atoms with Gasteiger partial charge in [0.15, 0.2) is 5.96 Å². The molecule has 154 valence electrons. The number of nitrogens with one attached hydrogen (secondary N) is 2. The fourth-order valence-corrected chi connectivity index (χ4v) is 2.48. The summed E-state index contributed by atoms with van der Waals surface area (Å²) in [5.74, 6) is -0.445. The third kappa shape index (κ3) is 8.09. The molecule has 6 nitrogen and oxygen atoms in total. The summed E-state index contributed by atoms with van der Waals surface area (Å²) >= 11 is 0. The molecule has 1 aromatic carbocycles. The molecule has 2 N–H and O–H groups in total. The Kier molecular flexibility index (Phi) is 10.8. The highest BCUT2D eigenvalue weighted by molar-refractivity contribution is 14.0. The number of halogens is 4. The first-order valence-corrected chi connectivity index (χ1v) is 8.38. The van der Waals surface area contributed by atoms with Gasteiger partial charge in [-0.15, -0.1) is 24.0 Å². The molecule has 0 aromatic heterocycles. The number of hydrogen-bond acceptors (Lipinski definition) is 4. The van der Waals surface area contributed by atoms with Crippen molar-refractivity contribution in [1.82, 2.24) is 10.6 Å². The Labute approximate surface area is 173 Å². The minimum absolute atomic E-state index is 0. The van der Waals surface area contributed by atoms with Crippen LogP contribution < -0.4 is 15.4 Å². The van der Waals surface area contributed by atoms with Crippen LogP contribution >= 0.6 is 24.0 Å². The highest BCUT2D eigenvalue weighted by Gasteiger charge is 2.18. The summed E-state index contributed by atoms with van der Waals surface area (Å²) in [5, 5.41) is 5.99. The van der Waals surface area contributed by atoms with Crippen molar-refractivity contribution in [2.75, 3.05) is 26.9 Å². The predicted octanol–water partition coefficient (Wildman–Crippen LogP) is 2.90. The lowest BCUT2D eigenvalue weighted by atomic mass is 10.2. The molecule has 1 heterocycles. The van der Waals surface area contributed by atoms with Crippen LogP contribution in [-0.4, -0.2) is 51.6 Å². The van der Waals surface area contributed by atoms with Crippen LogP contribution in [0.25, 0.3) is 0 Å². The van der Waals surface area contributed by atoms with Gasteiger partial charge in [0.05, 0.1) is 19.3 Å². The summed E-state index contributed by atoms with van der Waals surface area (Å²) in [6, 6.07) is 3.74. The number of ether oxygens (including phenoxy) is 3. The molecule has 2 atom stereocenters. The van der Waals surface area contributed by atoms with Crippen LogP contribution in [0, 0.1) is 5.82 Å². The van der Waals surface area contributed by atoms with Crippen LogP contribution in [0.15, 0.2) is 23.2 Å². The number of benzene rings is 1. The molecule has 2 unspecified atom stereocenters. The third-order valence-electron chi connectivity index (χ3n) is 3.80. The van der Waals surface area contributed by atoms with Crippen LogP contribution in [-0.2, 0) is 16.0 Å². The number of aliphatic imine (C=N–C) groups is 1. The van der Waals surface area contributed by atoms with Gasteiger partial charge < -0.3 is 24.8 Å². The Bertz CT molecular complexity index is 602. The number of alkyl halides is 2. The highest BCUT2D eigenvalue weighted by Crippen LogP contribution is 2.23. The molecule has 1 aliphatic rings. The Hall–Kier alpha value is -1.27. The zero-order valence-corrected chi connectivity index (χ0v) is 17.5. The number of rotatable bonds is 8. The molecule has 27 heavy (non-hydrogen) atoms. The van der Waals surface area contributed by atoms with Crippen molar-refractivity contribution in [1.29, 1.82) is 0 Å². The van der Waals surface area contributed by atoms with Gasteiger partial charge in [-0.25, -0.2) is 4.39 Å². The SMILES string of the molecule is CN=C(NCc1c(F)cccc1OC(F)F)NC(C)COC1CCOC1.I. The second-order valence-electron chi connectivity index (χ2n) is 5.89. The monoisotopic (exact) mass is 503 g/mol. The Morgan fingerprint density at radius 3 is 2.81 bits per heavy atom. The fourth-order valence-electron chi connectivity index (χ4n) is 2.48. The molecular weight excluding hydrogens is 478 g/mol. The van der Waals surface area contributed by atoms with E-state index in [1.807, 2.05) is 6.92 Å². The number of guanidine groups is 1. The Morgan fingerprint density at radius 2 is 2.19 bits per heavy atom. The summed E-state index contributed by atoms with van der Waals surface area (Å²) in [6.07, 6.45) is 0.974. The van der Waals surface area contributed by atoms with E-state index in [4.69, 9.17) is 9.47 Å². The first-order valence-electron chi connectivity index (χ1n) is 8.38. The van der Waals surface area contributed by atoms with Gasteiger partial charge in [0, 0.05) is 31.8 Å². The highest BCUT2D eigenvalue weighted by atomic mass is 127. The maximum Gasteiger partial charge on any atom is 0.387 e. The summed E-state index contributed by atoms with van der Waals surface area (Å²) in [7, 11) is 1.56. The third-order valence-corrected chi connectivity index (χ3v) is 3.80. The van der Waals surface area contributed by atoms with E-state index in [9.17, 15) is 13.2 Å². The van der Waals surface area contributed by atoms with Gasteiger partial charge in [0.2, 0.25) is 0 Å². The number of hydrogen-bond donors (Lipinski definition) is 2. The molecule has 0 spiro atoms. The molecule has 1 aromatic rings. The average Bonchev–Trinajstić information content (AvgIpc) is 3.11. The van der Waals surface area contributed by atoms with Crippen molar-refractivity contribution in [3.8, 4) is 5.75 Å². The second kappa shape index (κ2) is 12.2. The van der Waals surface area contributed by atoms with E-state index in [2.05, 4.69) is 20.4 Å². The standard InChI is InChI=1S/C17H24F3N3O3.HI/c1-11(9-25-12-6-7-24-10-12)23-17(21-2)22-8-13-14(18)4-3-5-15(13)26-16(19)20;/h3-5,11-12,16H,6-10H2,1-2H3,(H2,21,22,23);1H. The molecule has 1 saturated heterocycles. The zero-order valence-electron chi connectivity index (χ0n) is 15.2. The van der Waals surface area contributed by atoms with Crippen molar-refractivity contribution in [2.45, 2.75) is 38.6 Å². The van der Waals surface area contributed by atoms with E-state index >= 15 is 0 Å². The zero-order chi connectivity index (χ0) is 18.9. The Balaban J connectivity index is 0.00000364. The van der Waals surface area contributed by atoms with E-state index in [0.29, 0.717) is 25.8 Å². The fraction of sp³-hybridized carbons (Fsp3) is 0.588. The molecular formula is C17H25F3IN3O3. The summed E-state index contributed by atoms with van der Waals surface area (Å²) < 4.78 is 54.2. The van der Waals surface area contributed by atoms with Crippen LogP contribution in [0.5, 0.6) is 5.75 Å². The van der Waals surface area contributed by atoms with Crippen molar-refractivity contribution in [3.05, 3.63) is 29.6 Å². The van der Waals surface area contributed by atoms with Crippen LogP contribution in [0.3, 0.4) is 0 Å². The quantitative estimate of drug-likeness (QED) is 0.325. The van der Waals surface area contributed by atoms with Crippen LogP contribution in [0.1, 0.15) is 18.9 Å². The lowest BCUT2D eigenvalue weighted by Crippen LogP contribution is -2.44. The molecule has 2 rings (SSSR count). The van der Waals surface area contributed by atoms with Gasteiger partial charge in [-0.2, -0.15) is 8.78 Å². The topological polar surface area (TPSA) is 64.1 Å². The minimum atomic E-state index is -3.02. The van der Waals surface area contributed by atoms with Crippen molar-refractivity contribution in [2.24, 2.45) is 4.99 Å². The Morgan fingerprint density at radius 1 is 1.41 bits per heavy atom. The van der Waals surface area contributed by atoms with E-state index in [-0.39, 0.29) is 54.0 Å². The van der Waals surface area contributed by atoms with Gasteiger partial charge in [0.1, 0.15) is 11.6 Å². The molecule has 1 aliphatic heterocycles. The van der Waals surface area contributed by atoms with Gasteiger partial charge in [0.25, 0.3) is 0 Å². The van der Waals surface area contributed by atoms with E-state index in [1.165, 1.54) is 18.2 Å². The lowest BCUT2D eigenvalue weighted by molar-refractivity contribution is -0.0506. The first kappa shape index (κ1) is 23.8. The van der Waals surface area contributed by atoms with Gasteiger partial charge >= 0.3 is 6.61 Å². The molecule has 0 amide bonds. The summed E-state index contributed by atoms with van der Waals surface area (Å²) in [6.45, 7) is 0.593. The van der Waals surface area contributed by atoms with E-state index in [1.54, 1.807) is 7.05 Å². The average molecular weight is 503 g/mol. The van der Waals surface area contributed by atoms with Gasteiger partial charge in [-0.1, -0.05) is 6.07 Å². The predicted molar refractivity (Wildman–Crippen MR) is 106 cm³/mol. The second-order valence-corrected chi connectivity index (χ2v) is 5.89. The first-order chi connectivity index (χ1) is 12.5. The minimum Gasteiger partial charge on any atom is -0.434 e. The summed E-state index contributed by atoms with van der Waals surface area (Å²) in [4.78, 5) is 4.05. The van der Waals surface area contributed by atoms with E-state index < -0.39 is 12.4 Å². The van der Waals surface area contributed by atoms with Crippen molar-refractivity contribution in [3.63, 3.8) is 0 Å². The molecule has 0 aliphatic carbocycles. The maximum absolute atomic E-state index is 14.0. The van der Waals surface area contributed by atoms with Crippen LogP contribution in [0.2, 0.25) is 0 Å². The van der Waals surface area contributed by atoms with Crippen molar-refractivity contribution < 1.29 is 27.4 Å². The largest absolute Gasteiger partial charge is 0.434 e. The van der Waals surface area contributed by atoms with Crippen molar-refractivity contribution >= 4 is 29.9 Å². The maximum atomic E-state index is 14.0. The molecule has 0 saturated carbocycles. The smallest absolute Gasteiger partial charge is 0.387 e. The normalized spacial score (nSPS) is 18.1. The molecule has 10 heteroatoms. The molecule has 0 bridgehead atoms. The van der Waals surface area contributed by atoms with Gasteiger partial charge in [-0.3, -0.25) is 4.99 Å². The molecule has 1 fully saturated rings. The lowest BCUT2D eigenvalue weighted by Gasteiger charge is -2.20. The van der Waals surface area contributed by atoms with Gasteiger partial charge in [-0.05, 0) is 25.5 Å². The summed E-state index contributed by atoms with van der Waals surface area (Å²) in [5.41, 5.74) is 0.00255.